The van der Waals surface area contributed by atoms with Crippen molar-refractivity contribution in [2.75, 3.05) is 43.9 Å². The van der Waals surface area contributed by atoms with E-state index >= 15 is 0 Å². The summed E-state index contributed by atoms with van der Waals surface area (Å²) in [7, 11) is 0. The number of thioether (sulfide) groups is 1. The van der Waals surface area contributed by atoms with Crippen molar-refractivity contribution < 1.29 is 26.3 Å². The lowest BCUT2D eigenvalue weighted by Crippen LogP contribution is -2.49. The second-order valence-electron chi connectivity index (χ2n) is 9.17. The molecule has 0 bridgehead atoms. The second-order valence-corrected chi connectivity index (χ2v) is 10.0. The first-order valence-corrected chi connectivity index (χ1v) is 13.4. The molecule has 1 N–H and O–H groups in total. The predicted molar refractivity (Wildman–Crippen MR) is 139 cm³/mol. The van der Waals surface area contributed by atoms with Gasteiger partial charge in [-0.2, -0.15) is 26.3 Å². The van der Waals surface area contributed by atoms with Crippen LogP contribution in [0.25, 0.3) is 0 Å². The molecule has 204 valence electrons. The summed E-state index contributed by atoms with van der Waals surface area (Å²) >= 11 is 1.70. The molecular formula is C28H29F6N3S. The van der Waals surface area contributed by atoms with Crippen molar-refractivity contribution in [2.24, 2.45) is 0 Å². The Bertz CT molecular complexity index is 1160. The Labute approximate surface area is 222 Å². The molecule has 3 aromatic rings. The van der Waals surface area contributed by atoms with Gasteiger partial charge in [0, 0.05) is 50.2 Å². The van der Waals surface area contributed by atoms with Crippen LogP contribution in [0, 0.1) is 0 Å². The Hall–Kier alpha value is -2.69. The van der Waals surface area contributed by atoms with Crippen molar-refractivity contribution in [1.29, 1.82) is 0 Å². The number of nitrogens with zero attached hydrogens (tertiary/aromatic N) is 2. The normalized spacial score (nSPS) is 16.0. The van der Waals surface area contributed by atoms with Crippen LogP contribution in [0.1, 0.15) is 28.3 Å². The molecule has 38 heavy (non-hydrogen) atoms. The molecule has 1 aliphatic rings. The second kappa shape index (κ2) is 12.0. The van der Waals surface area contributed by atoms with E-state index in [0.717, 1.165) is 43.9 Å². The van der Waals surface area contributed by atoms with Gasteiger partial charge < -0.3 is 10.2 Å². The van der Waals surface area contributed by atoms with E-state index in [1.54, 1.807) is 11.8 Å². The van der Waals surface area contributed by atoms with Gasteiger partial charge in [-0.1, -0.05) is 42.5 Å². The number of halogens is 6. The van der Waals surface area contributed by atoms with Gasteiger partial charge in [0.05, 0.1) is 16.8 Å². The van der Waals surface area contributed by atoms with Crippen molar-refractivity contribution >= 4 is 17.4 Å². The molecule has 0 radical (unpaired) electrons. The number of nitrogens with one attached hydrogen (secondary N) is 1. The van der Waals surface area contributed by atoms with Crippen LogP contribution in [0.5, 0.6) is 0 Å². The maximum absolute atomic E-state index is 13.3. The minimum absolute atomic E-state index is 0.0579. The van der Waals surface area contributed by atoms with Gasteiger partial charge in [-0.05, 0) is 47.7 Å². The summed E-state index contributed by atoms with van der Waals surface area (Å²) in [5, 5.41) is 3.12. The maximum atomic E-state index is 13.3. The first-order valence-electron chi connectivity index (χ1n) is 12.2. The van der Waals surface area contributed by atoms with Gasteiger partial charge in [0.15, 0.2) is 0 Å². The lowest BCUT2D eigenvalue weighted by molar-refractivity contribution is -0.143. The van der Waals surface area contributed by atoms with Gasteiger partial charge in [-0.3, -0.25) is 4.90 Å². The topological polar surface area (TPSA) is 18.5 Å². The first kappa shape index (κ1) is 28.3. The van der Waals surface area contributed by atoms with Crippen LogP contribution in [0.4, 0.5) is 32.0 Å². The number of hydrogen-bond donors (Lipinski definition) is 1. The molecule has 3 aromatic carbocycles. The quantitative estimate of drug-likeness (QED) is 0.237. The third-order valence-electron chi connectivity index (χ3n) is 6.68. The molecule has 0 amide bonds. The largest absolute Gasteiger partial charge is 0.416 e. The van der Waals surface area contributed by atoms with Crippen LogP contribution >= 0.6 is 11.8 Å². The number of hydrogen-bond acceptors (Lipinski definition) is 4. The van der Waals surface area contributed by atoms with E-state index in [-0.39, 0.29) is 24.2 Å². The van der Waals surface area contributed by atoms with E-state index in [1.807, 2.05) is 48.7 Å². The first-order chi connectivity index (χ1) is 18.1. The predicted octanol–water partition coefficient (Wildman–Crippen LogP) is 7.10. The molecule has 1 heterocycles. The molecule has 10 heteroatoms. The summed E-state index contributed by atoms with van der Waals surface area (Å²) in [5.74, 6) is 0. The lowest BCUT2D eigenvalue weighted by Gasteiger charge is -2.41. The van der Waals surface area contributed by atoms with Gasteiger partial charge in [-0.15, -0.1) is 11.8 Å². The summed E-state index contributed by atoms with van der Waals surface area (Å²) in [6.45, 7) is 3.42. The smallest absolute Gasteiger partial charge is 0.368 e. The zero-order chi connectivity index (χ0) is 27.3. The van der Waals surface area contributed by atoms with Crippen LogP contribution in [0.2, 0.25) is 0 Å². The highest BCUT2D eigenvalue weighted by Crippen LogP contribution is 2.36. The summed E-state index contributed by atoms with van der Waals surface area (Å²) in [4.78, 5) is 5.87. The molecule has 4 rings (SSSR count). The van der Waals surface area contributed by atoms with Crippen LogP contribution in [-0.4, -0.2) is 43.9 Å². The van der Waals surface area contributed by atoms with Gasteiger partial charge in [-0.25, -0.2) is 0 Å². The van der Waals surface area contributed by atoms with Crippen molar-refractivity contribution in [3.63, 3.8) is 0 Å². The molecule has 3 nitrogen and oxygen atoms in total. The van der Waals surface area contributed by atoms with Crippen LogP contribution in [0.3, 0.4) is 0 Å². The molecular weight excluding hydrogens is 524 g/mol. The van der Waals surface area contributed by atoms with E-state index in [4.69, 9.17) is 0 Å². The van der Waals surface area contributed by atoms with Crippen molar-refractivity contribution in [1.82, 2.24) is 10.2 Å². The maximum Gasteiger partial charge on any atom is 0.416 e. The molecule has 1 fully saturated rings. The fourth-order valence-electron chi connectivity index (χ4n) is 4.77. The van der Waals surface area contributed by atoms with Gasteiger partial charge in [0.1, 0.15) is 0 Å². The number of anilines is 1. The molecule has 0 spiro atoms. The molecule has 0 saturated carbocycles. The average Bonchev–Trinajstić information content (AvgIpc) is 2.90. The minimum atomic E-state index is -4.86. The molecule has 0 aliphatic carbocycles. The van der Waals surface area contributed by atoms with Crippen LogP contribution < -0.4 is 10.2 Å². The average molecular weight is 554 g/mol. The Kier molecular flexibility index (Phi) is 8.95. The zero-order valence-corrected chi connectivity index (χ0v) is 21.6. The van der Waals surface area contributed by atoms with E-state index in [1.165, 1.54) is 10.6 Å². The highest BCUT2D eigenvalue weighted by Gasteiger charge is 2.37. The Balaban J connectivity index is 1.47. The summed E-state index contributed by atoms with van der Waals surface area (Å²) in [6.07, 6.45) is -7.68. The van der Waals surface area contributed by atoms with Crippen LogP contribution in [0.15, 0.2) is 77.7 Å². The third kappa shape index (κ3) is 7.03. The lowest BCUT2D eigenvalue weighted by atomic mass is 10.0. The fourth-order valence-corrected chi connectivity index (χ4v) is 5.39. The van der Waals surface area contributed by atoms with Crippen molar-refractivity contribution in [3.05, 3.63) is 95.1 Å². The van der Waals surface area contributed by atoms with Crippen molar-refractivity contribution in [3.8, 4) is 0 Å². The summed E-state index contributed by atoms with van der Waals surface area (Å²) < 4.78 is 79.5. The highest BCUT2D eigenvalue weighted by molar-refractivity contribution is 7.98. The summed E-state index contributed by atoms with van der Waals surface area (Å²) in [6, 6.07) is 19.6. The van der Waals surface area contributed by atoms with Gasteiger partial charge >= 0.3 is 12.4 Å². The number of benzene rings is 3. The number of para-hydroxylation sites is 1. The third-order valence-corrected chi connectivity index (χ3v) is 7.46. The fraction of sp³-hybridized carbons (Fsp3) is 0.357. The molecule has 1 saturated heterocycles. The number of alkyl halides is 6. The van der Waals surface area contributed by atoms with Gasteiger partial charge in [0.2, 0.25) is 0 Å². The number of piperazine rings is 1. The Morgan fingerprint density at radius 1 is 0.789 bits per heavy atom. The van der Waals surface area contributed by atoms with Crippen molar-refractivity contribution in [2.45, 2.75) is 29.8 Å². The molecule has 1 unspecified atom stereocenters. The summed E-state index contributed by atoms with van der Waals surface area (Å²) in [5.41, 5.74) is -0.426. The molecule has 1 aliphatic heterocycles. The zero-order valence-electron chi connectivity index (χ0n) is 20.8. The van der Waals surface area contributed by atoms with E-state index in [9.17, 15) is 26.3 Å². The molecule has 0 aromatic heterocycles. The SMILES string of the molecule is CSc1ccccc1N1CCN(C(CNCc2cc(C(F)(F)F)cc(C(F)(F)F)c2)c2ccccc2)CC1. The van der Waals surface area contributed by atoms with Crippen LogP contribution in [-0.2, 0) is 18.9 Å². The van der Waals surface area contributed by atoms with Gasteiger partial charge in [0.25, 0.3) is 0 Å². The monoisotopic (exact) mass is 553 g/mol. The molecule has 1 atom stereocenters. The Morgan fingerprint density at radius 3 is 1.95 bits per heavy atom. The Morgan fingerprint density at radius 2 is 1.37 bits per heavy atom. The van der Waals surface area contributed by atoms with E-state index < -0.39 is 23.5 Å². The number of rotatable bonds is 8. The highest BCUT2D eigenvalue weighted by atomic mass is 32.2. The van der Waals surface area contributed by atoms with E-state index in [0.29, 0.717) is 6.54 Å². The van der Waals surface area contributed by atoms with E-state index in [2.05, 4.69) is 27.2 Å². The minimum Gasteiger partial charge on any atom is -0.368 e. The standard InChI is InChI=1S/C28H29F6N3S/c1-38-26-10-6-5-9-24(26)36-11-13-37(14-12-36)25(21-7-3-2-4-8-21)19-35-18-20-15-22(27(29,30)31)17-23(16-20)28(32,33)34/h2-10,15-17,25,35H,11-14,18-19H2,1H3.